The molecule has 0 fully saturated rings. The number of ether oxygens (including phenoxy) is 1. The van der Waals surface area contributed by atoms with E-state index in [1.54, 1.807) is 12.1 Å². The third-order valence-corrected chi connectivity index (χ3v) is 5.28. The maximum absolute atomic E-state index is 11.4. The molecule has 5 heteroatoms. The first-order valence-corrected chi connectivity index (χ1v) is 8.44. The third-order valence-electron chi connectivity index (χ3n) is 5.28. The Bertz CT molecular complexity index is 875. The number of nitrogens with zero attached hydrogens (tertiary/aromatic N) is 1. The molecular weight excluding hydrogens is 316 g/mol. The predicted octanol–water partition coefficient (Wildman–Crippen LogP) is 4.74. The second kappa shape index (κ2) is 5.92. The molecule has 1 heterocycles. The van der Waals surface area contributed by atoms with Gasteiger partial charge >= 0.3 is 5.69 Å². The van der Waals surface area contributed by atoms with Crippen molar-refractivity contribution in [3.8, 4) is 5.75 Å². The van der Waals surface area contributed by atoms with E-state index in [9.17, 15) is 10.1 Å². The molecule has 1 aliphatic carbocycles. The Morgan fingerprint density at radius 3 is 2.84 bits per heavy atom. The van der Waals surface area contributed by atoms with Crippen LogP contribution >= 0.6 is 0 Å². The lowest BCUT2D eigenvalue weighted by Crippen LogP contribution is -2.29. The molecule has 2 aromatic rings. The number of aryl methyl sites for hydroxylation is 1. The van der Waals surface area contributed by atoms with Crippen LogP contribution in [0.5, 0.6) is 5.75 Å². The van der Waals surface area contributed by atoms with Gasteiger partial charge in [-0.3, -0.25) is 10.1 Å². The van der Waals surface area contributed by atoms with E-state index in [0.717, 1.165) is 17.7 Å². The van der Waals surface area contributed by atoms with Crippen molar-refractivity contribution in [1.82, 2.24) is 0 Å². The van der Waals surface area contributed by atoms with Gasteiger partial charge in [0.05, 0.1) is 18.1 Å². The van der Waals surface area contributed by atoms with Gasteiger partial charge in [-0.25, -0.2) is 0 Å². The Balaban J connectivity index is 1.78. The Labute approximate surface area is 146 Å². The molecule has 0 saturated heterocycles. The molecule has 0 saturated carbocycles. The molecule has 4 rings (SSSR count). The smallest absolute Gasteiger partial charge is 0.311 e. The summed E-state index contributed by atoms with van der Waals surface area (Å²) in [4.78, 5) is 11.0. The van der Waals surface area contributed by atoms with Crippen LogP contribution in [0.1, 0.15) is 35.1 Å². The number of rotatable bonds is 3. The van der Waals surface area contributed by atoms with Crippen LogP contribution in [0.15, 0.2) is 48.6 Å². The van der Waals surface area contributed by atoms with Gasteiger partial charge in [-0.15, -0.1) is 0 Å². The lowest BCUT2D eigenvalue weighted by Gasteiger charge is -2.37. The molecular formula is C20H20N2O3. The highest BCUT2D eigenvalue weighted by molar-refractivity contribution is 5.61. The Morgan fingerprint density at radius 1 is 1.24 bits per heavy atom. The van der Waals surface area contributed by atoms with E-state index in [0.29, 0.717) is 17.6 Å². The first-order chi connectivity index (χ1) is 12.1. The van der Waals surface area contributed by atoms with Gasteiger partial charge in [0.25, 0.3) is 0 Å². The standard InChI is InChI=1S/C20H20N2O3/c1-12-6-8-17-16(10-12)14-4-3-5-15(14)20(21-17)13-7-9-19(25-2)18(11-13)22(23)24/h3-4,6-11,14-15,20-21H,5H2,1-2H3. The molecule has 2 aromatic carbocycles. The van der Waals surface area contributed by atoms with Crippen molar-refractivity contribution in [3.63, 3.8) is 0 Å². The van der Waals surface area contributed by atoms with E-state index in [4.69, 9.17) is 4.74 Å². The average molecular weight is 336 g/mol. The second-order valence-corrected chi connectivity index (χ2v) is 6.75. The fourth-order valence-electron chi connectivity index (χ4n) is 4.09. The summed E-state index contributed by atoms with van der Waals surface area (Å²) in [7, 11) is 1.45. The summed E-state index contributed by atoms with van der Waals surface area (Å²) in [5.41, 5.74) is 4.62. The molecule has 3 unspecified atom stereocenters. The quantitative estimate of drug-likeness (QED) is 0.499. The number of nitro groups is 1. The van der Waals surface area contributed by atoms with Crippen LogP contribution in [0.3, 0.4) is 0 Å². The molecule has 5 nitrogen and oxygen atoms in total. The van der Waals surface area contributed by atoms with E-state index in [-0.39, 0.29) is 16.7 Å². The number of benzene rings is 2. The van der Waals surface area contributed by atoms with E-state index in [1.165, 1.54) is 18.2 Å². The van der Waals surface area contributed by atoms with Gasteiger partial charge in [0.15, 0.2) is 5.75 Å². The average Bonchev–Trinajstić information content (AvgIpc) is 3.10. The van der Waals surface area contributed by atoms with E-state index >= 15 is 0 Å². The summed E-state index contributed by atoms with van der Waals surface area (Å²) in [5.74, 6) is 1.01. The third kappa shape index (κ3) is 2.56. The minimum atomic E-state index is -0.382. The second-order valence-electron chi connectivity index (χ2n) is 6.75. The van der Waals surface area contributed by atoms with E-state index < -0.39 is 0 Å². The van der Waals surface area contributed by atoms with Crippen molar-refractivity contribution < 1.29 is 9.66 Å². The highest BCUT2D eigenvalue weighted by Gasteiger charge is 2.38. The molecule has 25 heavy (non-hydrogen) atoms. The summed E-state index contributed by atoms with van der Waals surface area (Å²) in [5, 5.41) is 15.0. The molecule has 1 aliphatic heterocycles. The fraction of sp³-hybridized carbons (Fsp3) is 0.300. The van der Waals surface area contributed by atoms with E-state index in [1.807, 2.05) is 6.07 Å². The first kappa shape index (κ1) is 15.7. The Kier molecular flexibility index (Phi) is 3.71. The van der Waals surface area contributed by atoms with Crippen LogP contribution in [-0.2, 0) is 0 Å². The van der Waals surface area contributed by atoms with Crippen LogP contribution in [-0.4, -0.2) is 12.0 Å². The number of hydrogen-bond donors (Lipinski definition) is 1. The van der Waals surface area contributed by atoms with Gasteiger partial charge in [0, 0.05) is 17.7 Å². The largest absolute Gasteiger partial charge is 0.490 e. The number of allylic oxidation sites excluding steroid dienone is 2. The van der Waals surface area contributed by atoms with Gasteiger partial charge in [-0.1, -0.05) is 35.9 Å². The zero-order valence-corrected chi connectivity index (χ0v) is 14.2. The highest BCUT2D eigenvalue weighted by Crippen LogP contribution is 2.50. The Morgan fingerprint density at radius 2 is 2.08 bits per heavy atom. The fourth-order valence-corrected chi connectivity index (χ4v) is 4.09. The van der Waals surface area contributed by atoms with Crippen molar-refractivity contribution >= 4 is 11.4 Å². The molecule has 128 valence electrons. The topological polar surface area (TPSA) is 64.4 Å². The van der Waals surface area contributed by atoms with Crippen molar-refractivity contribution in [3.05, 3.63) is 75.4 Å². The number of anilines is 1. The molecule has 0 spiro atoms. The summed E-state index contributed by atoms with van der Waals surface area (Å²) >= 11 is 0. The maximum Gasteiger partial charge on any atom is 0.311 e. The Hall–Kier alpha value is -2.82. The zero-order valence-electron chi connectivity index (χ0n) is 14.2. The molecule has 0 bridgehead atoms. The maximum atomic E-state index is 11.4. The number of nitrogens with one attached hydrogen (secondary N) is 1. The van der Waals surface area contributed by atoms with Crippen LogP contribution in [0.25, 0.3) is 0 Å². The molecule has 1 N–H and O–H groups in total. The minimum absolute atomic E-state index is 0.0130. The molecule has 2 aliphatic rings. The van der Waals surface area contributed by atoms with Crippen molar-refractivity contribution in [2.75, 3.05) is 12.4 Å². The molecule has 3 atom stereocenters. The van der Waals surface area contributed by atoms with Gasteiger partial charge in [0.1, 0.15) is 0 Å². The number of nitro benzene ring substituents is 1. The minimum Gasteiger partial charge on any atom is -0.490 e. The summed E-state index contributed by atoms with van der Waals surface area (Å²) < 4.78 is 5.13. The van der Waals surface area contributed by atoms with Gasteiger partial charge in [-0.05, 0) is 42.5 Å². The summed E-state index contributed by atoms with van der Waals surface area (Å²) in [6, 6.07) is 11.7. The van der Waals surface area contributed by atoms with Gasteiger partial charge < -0.3 is 10.1 Å². The van der Waals surface area contributed by atoms with Crippen LogP contribution in [0.4, 0.5) is 11.4 Å². The lowest BCUT2D eigenvalue weighted by atomic mass is 9.76. The number of hydrogen-bond acceptors (Lipinski definition) is 4. The molecule has 0 radical (unpaired) electrons. The zero-order chi connectivity index (χ0) is 17.6. The summed E-state index contributed by atoms with van der Waals surface area (Å²) in [6.45, 7) is 2.10. The van der Waals surface area contributed by atoms with Crippen molar-refractivity contribution in [2.24, 2.45) is 5.92 Å². The van der Waals surface area contributed by atoms with Crippen molar-refractivity contribution in [2.45, 2.75) is 25.3 Å². The first-order valence-electron chi connectivity index (χ1n) is 8.44. The van der Waals surface area contributed by atoms with Crippen molar-refractivity contribution in [1.29, 1.82) is 0 Å². The van der Waals surface area contributed by atoms with Crippen LogP contribution < -0.4 is 10.1 Å². The SMILES string of the molecule is COc1ccc(C2Nc3ccc(C)cc3C3C=CCC32)cc1[N+](=O)[O-]. The normalized spacial score (nSPS) is 23.5. The molecule has 0 aromatic heterocycles. The summed E-state index contributed by atoms with van der Waals surface area (Å²) in [6.07, 6.45) is 5.46. The number of methoxy groups -OCH3 is 1. The van der Waals surface area contributed by atoms with Gasteiger partial charge in [-0.2, -0.15) is 0 Å². The van der Waals surface area contributed by atoms with Crippen LogP contribution in [0, 0.1) is 23.0 Å². The monoisotopic (exact) mass is 336 g/mol. The predicted molar refractivity (Wildman–Crippen MR) is 97.2 cm³/mol. The highest BCUT2D eigenvalue weighted by atomic mass is 16.6. The number of fused-ring (bicyclic) bond motifs is 3. The lowest BCUT2D eigenvalue weighted by molar-refractivity contribution is -0.385. The van der Waals surface area contributed by atoms with Crippen LogP contribution in [0.2, 0.25) is 0 Å². The van der Waals surface area contributed by atoms with E-state index in [2.05, 4.69) is 42.6 Å². The molecule has 0 amide bonds. The van der Waals surface area contributed by atoms with Gasteiger partial charge in [0.2, 0.25) is 0 Å².